The summed E-state index contributed by atoms with van der Waals surface area (Å²) in [5.41, 5.74) is 4.62. The van der Waals surface area contributed by atoms with E-state index < -0.39 is 5.66 Å². The molecule has 0 unspecified atom stereocenters. The molecule has 0 atom stereocenters. The minimum absolute atomic E-state index is 0.0781. The molecule has 3 N–H and O–H groups in total. The third-order valence-electron chi connectivity index (χ3n) is 3.20. The maximum Gasteiger partial charge on any atom is 0.281 e. The van der Waals surface area contributed by atoms with Gasteiger partial charge in [-0.3, -0.25) is 15.4 Å². The number of hydrogen-bond donors (Lipinski definition) is 3. The molecule has 1 aliphatic rings. The molecule has 0 aliphatic carbocycles. The quantitative estimate of drug-likeness (QED) is 0.640. The van der Waals surface area contributed by atoms with E-state index in [1.54, 1.807) is 21.1 Å². The Balaban J connectivity index is 2.67. The molecule has 17 heavy (non-hydrogen) atoms. The molecule has 0 saturated heterocycles. The zero-order chi connectivity index (χ0) is 12.6. The summed E-state index contributed by atoms with van der Waals surface area (Å²) in [6.45, 7) is 3.90. The molecule has 0 aromatic heterocycles. The topological polar surface area (TPSA) is 56.4 Å². The minimum Gasteiger partial charge on any atom is -0.291 e. The Morgan fingerprint density at radius 2 is 1.88 bits per heavy atom. The molecule has 1 aromatic carbocycles. The van der Waals surface area contributed by atoms with Gasteiger partial charge in [-0.05, 0) is 38.7 Å². The lowest BCUT2D eigenvalue weighted by atomic mass is 9.99. The van der Waals surface area contributed by atoms with E-state index in [-0.39, 0.29) is 5.91 Å². The average molecular weight is 233 g/mol. The van der Waals surface area contributed by atoms with Gasteiger partial charge in [0.25, 0.3) is 5.91 Å². The molecule has 1 heterocycles. The van der Waals surface area contributed by atoms with Crippen molar-refractivity contribution in [3.8, 4) is 0 Å². The number of amides is 1. The third kappa shape index (κ3) is 1.47. The zero-order valence-electron chi connectivity index (χ0n) is 10.3. The third-order valence-corrected chi connectivity index (χ3v) is 3.20. The van der Waals surface area contributed by atoms with Crippen LogP contribution in [0.4, 0.5) is 5.69 Å². The Hall–Kier alpha value is -1.43. The van der Waals surface area contributed by atoms with Crippen LogP contribution in [0.5, 0.6) is 0 Å². The van der Waals surface area contributed by atoms with Gasteiger partial charge in [0.15, 0.2) is 5.66 Å². The summed E-state index contributed by atoms with van der Waals surface area (Å²) in [4.78, 5) is 12.4. The number of hydrazine groups is 1. The normalized spacial score (nSPS) is 17.4. The highest BCUT2D eigenvalue weighted by molar-refractivity contribution is 6.06. The number of carbonyl (C=O) groups excluding carboxylic acids is 1. The number of hydrogen-bond acceptors (Lipinski definition) is 4. The Kier molecular flexibility index (Phi) is 2.91. The smallest absolute Gasteiger partial charge is 0.281 e. The molecule has 91 valence electrons. The van der Waals surface area contributed by atoms with Crippen LogP contribution in [0, 0.1) is 6.92 Å². The first-order chi connectivity index (χ1) is 8.10. The molecule has 1 radical (unpaired) electrons. The Morgan fingerprint density at radius 1 is 1.24 bits per heavy atom. The lowest BCUT2D eigenvalue weighted by Crippen LogP contribution is -2.59. The van der Waals surface area contributed by atoms with Crippen molar-refractivity contribution in [1.29, 1.82) is 0 Å². The molecule has 5 heteroatoms. The SMILES string of the molecule is [CH2]c1ccc2c(c1)C(NC)(NC)C(=O)N2NC. The monoisotopic (exact) mass is 233 g/mol. The van der Waals surface area contributed by atoms with Gasteiger partial charge in [0.1, 0.15) is 0 Å². The number of nitrogens with one attached hydrogen (secondary N) is 3. The van der Waals surface area contributed by atoms with Crippen LogP contribution in [0.3, 0.4) is 0 Å². The summed E-state index contributed by atoms with van der Waals surface area (Å²) in [6, 6.07) is 5.69. The van der Waals surface area contributed by atoms with Gasteiger partial charge in [-0.25, -0.2) is 10.4 Å². The van der Waals surface area contributed by atoms with Gasteiger partial charge in [-0.1, -0.05) is 6.07 Å². The maximum atomic E-state index is 12.4. The number of rotatable bonds is 3. The van der Waals surface area contributed by atoms with Crippen LogP contribution >= 0.6 is 0 Å². The van der Waals surface area contributed by atoms with Gasteiger partial charge < -0.3 is 0 Å². The molecule has 1 aliphatic heterocycles. The highest BCUT2D eigenvalue weighted by Gasteiger charge is 2.49. The molecule has 0 fully saturated rings. The number of fused-ring (bicyclic) bond motifs is 1. The van der Waals surface area contributed by atoms with E-state index in [0.29, 0.717) is 0 Å². The fourth-order valence-corrected chi connectivity index (χ4v) is 2.30. The molecule has 0 bridgehead atoms. The van der Waals surface area contributed by atoms with E-state index in [0.717, 1.165) is 16.8 Å². The van der Waals surface area contributed by atoms with Gasteiger partial charge >= 0.3 is 0 Å². The highest BCUT2D eigenvalue weighted by Crippen LogP contribution is 2.37. The van der Waals surface area contributed by atoms with Crippen LogP contribution in [0.1, 0.15) is 11.1 Å². The first kappa shape index (κ1) is 12.0. The van der Waals surface area contributed by atoms with E-state index in [4.69, 9.17) is 0 Å². The van der Waals surface area contributed by atoms with Crippen molar-refractivity contribution in [3.05, 3.63) is 36.2 Å². The average Bonchev–Trinajstić information content (AvgIpc) is 2.57. The number of benzene rings is 1. The van der Waals surface area contributed by atoms with Crippen molar-refractivity contribution in [1.82, 2.24) is 16.1 Å². The predicted octanol–water partition coefficient (Wildman–Crippen LogP) is -0.0586. The van der Waals surface area contributed by atoms with Crippen LogP contribution in [-0.2, 0) is 10.5 Å². The first-order valence-corrected chi connectivity index (χ1v) is 5.47. The molecular weight excluding hydrogens is 216 g/mol. The van der Waals surface area contributed by atoms with Crippen molar-refractivity contribution >= 4 is 11.6 Å². The van der Waals surface area contributed by atoms with E-state index in [2.05, 4.69) is 23.0 Å². The summed E-state index contributed by atoms with van der Waals surface area (Å²) >= 11 is 0. The van der Waals surface area contributed by atoms with Crippen LogP contribution < -0.4 is 21.1 Å². The Bertz CT molecular complexity index is 454. The van der Waals surface area contributed by atoms with Crippen LogP contribution in [-0.4, -0.2) is 27.1 Å². The van der Waals surface area contributed by atoms with Gasteiger partial charge in [0.2, 0.25) is 0 Å². The fraction of sp³-hybridized carbons (Fsp3) is 0.333. The first-order valence-electron chi connectivity index (χ1n) is 5.47. The molecule has 5 nitrogen and oxygen atoms in total. The van der Waals surface area contributed by atoms with E-state index in [9.17, 15) is 4.79 Å². The summed E-state index contributed by atoms with van der Waals surface area (Å²) in [5.74, 6) is -0.0781. The fourth-order valence-electron chi connectivity index (χ4n) is 2.30. The standard InChI is InChI=1S/C12H17N4O/c1-8-5-6-10-9(7-8)12(13-2,14-3)11(17)16(10)15-4/h5-7,13-15H,1H2,2-4H3. The van der Waals surface area contributed by atoms with Crippen molar-refractivity contribution in [3.63, 3.8) is 0 Å². The second kappa shape index (κ2) is 4.10. The Morgan fingerprint density at radius 3 is 2.41 bits per heavy atom. The molecule has 0 spiro atoms. The largest absolute Gasteiger partial charge is 0.291 e. The second-order valence-electron chi connectivity index (χ2n) is 3.97. The molecule has 2 rings (SSSR count). The number of likely N-dealkylation sites (N-methyl/N-ethyl adjacent to an activating group) is 2. The van der Waals surface area contributed by atoms with Gasteiger partial charge in [0, 0.05) is 12.6 Å². The van der Waals surface area contributed by atoms with Crippen LogP contribution in [0.2, 0.25) is 0 Å². The lowest BCUT2D eigenvalue weighted by molar-refractivity contribution is -0.125. The molecule has 1 amide bonds. The van der Waals surface area contributed by atoms with E-state index >= 15 is 0 Å². The molecule has 1 aromatic rings. The minimum atomic E-state index is -0.883. The van der Waals surface area contributed by atoms with Gasteiger partial charge in [-0.2, -0.15) is 0 Å². The predicted molar refractivity (Wildman–Crippen MR) is 67.2 cm³/mol. The molecule has 0 saturated carbocycles. The van der Waals surface area contributed by atoms with Gasteiger partial charge in [0.05, 0.1) is 5.69 Å². The van der Waals surface area contributed by atoms with E-state index in [1.165, 1.54) is 5.01 Å². The summed E-state index contributed by atoms with van der Waals surface area (Å²) in [5, 5.41) is 7.64. The summed E-state index contributed by atoms with van der Waals surface area (Å²) in [6.07, 6.45) is 0. The van der Waals surface area contributed by atoms with Crippen molar-refractivity contribution < 1.29 is 4.79 Å². The summed E-state index contributed by atoms with van der Waals surface area (Å²) < 4.78 is 0. The highest BCUT2D eigenvalue weighted by atomic mass is 16.2. The lowest BCUT2D eigenvalue weighted by Gasteiger charge is -2.27. The van der Waals surface area contributed by atoms with Crippen molar-refractivity contribution in [2.45, 2.75) is 5.66 Å². The van der Waals surface area contributed by atoms with Crippen LogP contribution in [0.25, 0.3) is 0 Å². The maximum absolute atomic E-state index is 12.4. The van der Waals surface area contributed by atoms with E-state index in [1.807, 2.05) is 18.2 Å². The number of carbonyl (C=O) groups is 1. The van der Waals surface area contributed by atoms with Gasteiger partial charge in [-0.15, -0.1) is 0 Å². The summed E-state index contributed by atoms with van der Waals surface area (Å²) in [7, 11) is 5.24. The number of nitrogens with zero attached hydrogens (tertiary/aromatic N) is 1. The van der Waals surface area contributed by atoms with Crippen molar-refractivity contribution in [2.75, 3.05) is 26.2 Å². The Labute approximate surface area is 101 Å². The molecular formula is C12H17N4O. The van der Waals surface area contributed by atoms with Crippen molar-refractivity contribution in [2.24, 2.45) is 0 Å². The second-order valence-corrected chi connectivity index (χ2v) is 3.97. The zero-order valence-corrected chi connectivity index (χ0v) is 10.3. The van der Waals surface area contributed by atoms with Crippen LogP contribution in [0.15, 0.2) is 18.2 Å². The number of anilines is 1.